The van der Waals surface area contributed by atoms with Gasteiger partial charge in [0.15, 0.2) is 0 Å². The second kappa shape index (κ2) is 8.20. The lowest BCUT2D eigenvalue weighted by Crippen LogP contribution is -2.38. The Labute approximate surface area is 169 Å². The highest BCUT2D eigenvalue weighted by Gasteiger charge is 2.41. The lowest BCUT2D eigenvalue weighted by atomic mass is 9.86. The molecule has 3 aromatic rings. The predicted octanol–water partition coefficient (Wildman–Crippen LogP) is 2.51. The average Bonchev–Trinajstić information content (AvgIpc) is 3.22. The van der Waals surface area contributed by atoms with E-state index in [2.05, 4.69) is 0 Å². The molecule has 1 N–H and O–H groups in total. The molecule has 0 aliphatic heterocycles. The van der Waals surface area contributed by atoms with Gasteiger partial charge in [0.25, 0.3) is 10.0 Å². The van der Waals surface area contributed by atoms with Crippen LogP contribution in [0.2, 0.25) is 0 Å². The number of carbonyl (C=O) groups excluding carboxylic acids is 1. The van der Waals surface area contributed by atoms with Crippen LogP contribution < -0.4 is 0 Å². The molecule has 7 nitrogen and oxygen atoms in total. The highest BCUT2D eigenvalue weighted by molar-refractivity contribution is 7.88. The maximum Gasteiger partial charge on any atom is 0.348 e. The smallest absolute Gasteiger partial charge is 0.348 e. The third-order valence-corrected chi connectivity index (χ3v) is 6.09. The van der Waals surface area contributed by atoms with Crippen LogP contribution in [0.1, 0.15) is 16.9 Å². The molecule has 0 bridgehead atoms. The molecule has 0 saturated carbocycles. The summed E-state index contributed by atoms with van der Waals surface area (Å²) in [4.78, 5) is 12.9. The average molecular weight is 415 g/mol. The van der Waals surface area contributed by atoms with Gasteiger partial charge in [-0.15, -0.1) is 0 Å². The number of carbonyl (C=O) groups is 1. The van der Waals surface area contributed by atoms with E-state index in [1.165, 1.54) is 26.2 Å². The largest absolute Gasteiger partial charge is 0.455 e. The summed E-state index contributed by atoms with van der Waals surface area (Å²) in [7, 11) is -0.960. The van der Waals surface area contributed by atoms with E-state index in [9.17, 15) is 18.3 Å². The fraction of sp³-hybridized carbons (Fsp3) is 0.190. The molecule has 3 rings (SSSR count). The zero-order valence-electron chi connectivity index (χ0n) is 16.0. The number of nitrogens with zero attached hydrogens (tertiary/aromatic N) is 1. The number of hydrogen-bond donors (Lipinski definition) is 1. The Kier molecular flexibility index (Phi) is 5.88. The first-order chi connectivity index (χ1) is 13.8. The van der Waals surface area contributed by atoms with Gasteiger partial charge in [-0.2, -0.15) is 0 Å². The quantitative estimate of drug-likeness (QED) is 0.596. The summed E-state index contributed by atoms with van der Waals surface area (Å²) in [5.74, 6) is -0.759. The van der Waals surface area contributed by atoms with Crippen molar-refractivity contribution in [1.29, 1.82) is 0 Å². The van der Waals surface area contributed by atoms with Gasteiger partial charge in [-0.05, 0) is 23.3 Å². The van der Waals surface area contributed by atoms with Gasteiger partial charge in [-0.1, -0.05) is 60.7 Å². The maximum absolute atomic E-state index is 12.9. The van der Waals surface area contributed by atoms with Crippen LogP contribution in [0.3, 0.4) is 0 Å². The van der Waals surface area contributed by atoms with E-state index in [1.54, 1.807) is 60.7 Å². The Morgan fingerprint density at radius 1 is 0.966 bits per heavy atom. The molecule has 2 aromatic carbocycles. The highest BCUT2D eigenvalue weighted by Crippen LogP contribution is 2.31. The molecule has 0 saturated heterocycles. The van der Waals surface area contributed by atoms with Crippen molar-refractivity contribution in [3.05, 3.63) is 89.7 Å². The molecule has 0 unspecified atom stereocenters. The summed E-state index contributed by atoms with van der Waals surface area (Å²) >= 11 is 0. The summed E-state index contributed by atoms with van der Waals surface area (Å²) in [6, 6.07) is 19.6. The van der Waals surface area contributed by atoms with Crippen LogP contribution >= 0.6 is 0 Å². The molecular weight excluding hydrogens is 394 g/mol. The molecule has 0 aliphatic rings. The van der Waals surface area contributed by atoms with Crippen LogP contribution in [0.15, 0.2) is 82.3 Å². The van der Waals surface area contributed by atoms with Crippen molar-refractivity contribution in [2.75, 3.05) is 14.1 Å². The van der Waals surface area contributed by atoms with E-state index in [0.29, 0.717) is 11.1 Å². The molecule has 0 spiro atoms. The number of sulfonamides is 1. The van der Waals surface area contributed by atoms with Crippen LogP contribution in [0.4, 0.5) is 0 Å². The number of ether oxygens (including phenoxy) is 1. The van der Waals surface area contributed by atoms with Gasteiger partial charge in [0.05, 0.1) is 0 Å². The van der Waals surface area contributed by atoms with Crippen LogP contribution in [0, 0.1) is 0 Å². The Hall–Kier alpha value is -2.94. The second-order valence-corrected chi connectivity index (χ2v) is 8.61. The maximum atomic E-state index is 12.9. The van der Waals surface area contributed by atoms with E-state index in [-0.39, 0.29) is 17.5 Å². The van der Waals surface area contributed by atoms with Crippen LogP contribution in [0.5, 0.6) is 0 Å². The first-order valence-electron chi connectivity index (χ1n) is 8.78. The SMILES string of the molecule is CN(C)S(=O)(=O)c1ccc(COC(=O)C(O)(c2ccccc2)c2ccccc2)o1. The molecule has 1 aromatic heterocycles. The van der Waals surface area contributed by atoms with Crippen LogP contribution in [-0.4, -0.2) is 37.9 Å². The van der Waals surface area contributed by atoms with E-state index in [4.69, 9.17) is 9.15 Å². The van der Waals surface area contributed by atoms with Crippen molar-refractivity contribution in [1.82, 2.24) is 4.31 Å². The lowest BCUT2D eigenvalue weighted by Gasteiger charge is -2.26. The van der Waals surface area contributed by atoms with Crippen LogP contribution in [-0.2, 0) is 31.8 Å². The number of rotatable bonds is 7. The summed E-state index contributed by atoms with van der Waals surface area (Å²) in [5, 5.41) is 11.0. The Morgan fingerprint density at radius 3 is 1.97 bits per heavy atom. The zero-order valence-corrected chi connectivity index (χ0v) is 16.8. The molecule has 29 heavy (non-hydrogen) atoms. The Morgan fingerprint density at radius 2 is 1.48 bits per heavy atom. The standard InChI is InChI=1S/C21H21NO6S/c1-22(2)29(25,26)19-14-13-18(28-19)15-27-20(23)21(24,16-9-5-3-6-10-16)17-11-7-4-8-12-17/h3-14,24H,15H2,1-2H3. The van der Waals surface area contributed by atoms with Crippen molar-refractivity contribution >= 4 is 16.0 Å². The van der Waals surface area contributed by atoms with Gasteiger partial charge < -0.3 is 14.3 Å². The predicted molar refractivity (Wildman–Crippen MR) is 105 cm³/mol. The van der Waals surface area contributed by atoms with E-state index in [0.717, 1.165) is 4.31 Å². The molecule has 0 radical (unpaired) electrons. The molecule has 0 amide bonds. The number of benzene rings is 2. The summed E-state index contributed by atoms with van der Waals surface area (Å²) < 4.78 is 35.8. The molecule has 1 heterocycles. The molecule has 0 fully saturated rings. The number of hydrogen-bond acceptors (Lipinski definition) is 6. The summed E-state index contributed by atoms with van der Waals surface area (Å²) in [5.41, 5.74) is -1.31. The minimum absolute atomic E-state index is 0.141. The van der Waals surface area contributed by atoms with Crippen molar-refractivity contribution in [2.45, 2.75) is 17.3 Å². The number of furan rings is 1. The first-order valence-corrected chi connectivity index (χ1v) is 10.2. The van der Waals surface area contributed by atoms with Crippen molar-refractivity contribution < 1.29 is 27.5 Å². The first kappa shape index (κ1) is 20.8. The monoisotopic (exact) mass is 415 g/mol. The number of aliphatic hydroxyl groups is 1. The fourth-order valence-corrected chi connectivity index (χ4v) is 3.57. The third kappa shape index (κ3) is 4.09. The molecule has 0 atom stereocenters. The number of esters is 1. The van der Waals surface area contributed by atoms with Crippen molar-refractivity contribution in [2.24, 2.45) is 0 Å². The van der Waals surface area contributed by atoms with E-state index >= 15 is 0 Å². The molecule has 152 valence electrons. The van der Waals surface area contributed by atoms with Crippen molar-refractivity contribution in [3.8, 4) is 0 Å². The van der Waals surface area contributed by atoms with E-state index in [1.807, 2.05) is 0 Å². The zero-order chi connectivity index (χ0) is 21.1. The van der Waals surface area contributed by atoms with Gasteiger partial charge >= 0.3 is 5.97 Å². The summed E-state index contributed by atoms with van der Waals surface area (Å²) in [6.45, 7) is -0.330. The van der Waals surface area contributed by atoms with Gasteiger partial charge in [-0.25, -0.2) is 17.5 Å². The normalized spacial score (nSPS) is 12.1. The van der Waals surface area contributed by atoms with Crippen LogP contribution in [0.25, 0.3) is 0 Å². The highest BCUT2D eigenvalue weighted by atomic mass is 32.2. The van der Waals surface area contributed by atoms with E-state index < -0.39 is 21.6 Å². The molecule has 8 heteroatoms. The minimum Gasteiger partial charge on any atom is -0.455 e. The summed E-state index contributed by atoms with van der Waals surface area (Å²) in [6.07, 6.45) is 0. The van der Waals surface area contributed by atoms with Gasteiger partial charge in [0.1, 0.15) is 12.4 Å². The third-order valence-electron chi connectivity index (χ3n) is 4.40. The fourth-order valence-electron chi connectivity index (χ4n) is 2.76. The Balaban J connectivity index is 1.85. The minimum atomic E-state index is -3.73. The van der Waals surface area contributed by atoms with Gasteiger partial charge in [0.2, 0.25) is 10.7 Å². The molecule has 0 aliphatic carbocycles. The van der Waals surface area contributed by atoms with Gasteiger partial charge in [-0.3, -0.25) is 0 Å². The molecular formula is C21H21NO6S. The topological polar surface area (TPSA) is 97.0 Å². The van der Waals surface area contributed by atoms with Gasteiger partial charge in [0, 0.05) is 14.1 Å². The Bertz CT molecular complexity index is 1040. The van der Waals surface area contributed by atoms with Crippen molar-refractivity contribution in [3.63, 3.8) is 0 Å². The second-order valence-electron chi connectivity index (χ2n) is 6.53. The lowest BCUT2D eigenvalue weighted by molar-refractivity contribution is -0.164.